The fourth-order valence-electron chi connectivity index (χ4n) is 4.98. The monoisotopic (exact) mass is 643 g/mol. The van der Waals surface area contributed by atoms with E-state index in [9.17, 15) is 34.8 Å². The first-order valence-corrected chi connectivity index (χ1v) is 15.8. The quantitative estimate of drug-likeness (QED) is 0.263. The van der Waals surface area contributed by atoms with Gasteiger partial charge in [-0.1, -0.05) is 12.1 Å². The third-order valence-corrected chi connectivity index (χ3v) is 10.1. The summed E-state index contributed by atoms with van der Waals surface area (Å²) in [5.74, 6) is 0.267. The zero-order chi connectivity index (χ0) is 31.5. The summed E-state index contributed by atoms with van der Waals surface area (Å²) in [7, 11) is -4.23. The molecular weight excluding hydrogens is 607 g/mol. The maximum atomic E-state index is 13.6. The highest BCUT2D eigenvalue weighted by Gasteiger charge is 2.50. The van der Waals surface area contributed by atoms with Gasteiger partial charge in [0.25, 0.3) is 10.2 Å². The van der Waals surface area contributed by atoms with Crippen LogP contribution >= 0.6 is 0 Å². The lowest BCUT2D eigenvalue weighted by molar-refractivity contribution is -0.0527. The second-order valence-corrected chi connectivity index (χ2v) is 13.8. The van der Waals surface area contributed by atoms with Crippen LogP contribution in [0.5, 0.6) is 5.75 Å². The Labute approximate surface area is 244 Å². The maximum absolute atomic E-state index is 13.6. The normalized spacial score (nSPS) is 23.7. The number of carbonyl (C=O) groups excluding carboxylic acids is 1. The number of carbonyl (C=O) groups is 1. The zero-order valence-electron chi connectivity index (χ0n) is 23.9. The number of alkyl halides is 3. The molecule has 2 aliphatic rings. The van der Waals surface area contributed by atoms with Crippen LogP contribution in [-0.2, 0) is 40.5 Å². The van der Waals surface area contributed by atoms with Gasteiger partial charge in [-0.05, 0) is 50.0 Å². The molecule has 1 aromatic rings. The lowest BCUT2D eigenvalue weighted by atomic mass is 10.0. The summed E-state index contributed by atoms with van der Waals surface area (Å²) in [6.07, 6.45) is 0.379. The number of benzene rings is 1. The number of hydrogen-bond acceptors (Lipinski definition) is 9. The summed E-state index contributed by atoms with van der Waals surface area (Å²) >= 11 is 0. The van der Waals surface area contributed by atoms with Gasteiger partial charge in [-0.2, -0.15) is 38.6 Å². The number of allylic oxidation sites excluding steroid dienone is 1. The second kappa shape index (κ2) is 13.4. The van der Waals surface area contributed by atoms with Gasteiger partial charge < -0.3 is 18.4 Å². The molecule has 1 saturated heterocycles. The highest BCUT2D eigenvalue weighted by molar-refractivity contribution is 7.87. The molecule has 1 fully saturated rings. The molecule has 42 heavy (non-hydrogen) atoms. The third-order valence-electron chi connectivity index (χ3n) is 7.19. The molecule has 0 radical (unpaired) electrons. The van der Waals surface area contributed by atoms with E-state index >= 15 is 0 Å². The van der Waals surface area contributed by atoms with E-state index < -0.39 is 56.2 Å². The molecule has 1 aliphatic heterocycles. The topological polar surface area (TPSA) is 132 Å². The van der Waals surface area contributed by atoms with Crippen LogP contribution in [0.1, 0.15) is 38.2 Å². The van der Waals surface area contributed by atoms with Crippen molar-refractivity contribution in [3.05, 3.63) is 41.7 Å². The lowest BCUT2D eigenvalue weighted by Gasteiger charge is -2.36. The van der Waals surface area contributed by atoms with Gasteiger partial charge in [-0.3, -0.25) is 4.90 Å². The van der Waals surface area contributed by atoms with Crippen LogP contribution in [0.25, 0.3) is 0 Å². The molecule has 3 rings (SSSR count). The van der Waals surface area contributed by atoms with Gasteiger partial charge in [0.1, 0.15) is 11.5 Å². The predicted molar refractivity (Wildman–Crippen MR) is 145 cm³/mol. The number of hydrogen-bond donors (Lipinski definition) is 0. The first-order valence-electron chi connectivity index (χ1n) is 13.0. The minimum absolute atomic E-state index is 0.00600. The predicted octanol–water partition coefficient (Wildman–Crippen LogP) is 3.22. The highest BCUT2D eigenvalue weighted by atomic mass is 32.2. The van der Waals surface area contributed by atoms with Gasteiger partial charge in [0.2, 0.25) is 0 Å². The van der Waals surface area contributed by atoms with Crippen molar-refractivity contribution in [3.63, 3.8) is 0 Å². The first-order chi connectivity index (χ1) is 19.5. The van der Waals surface area contributed by atoms with E-state index in [1.165, 1.54) is 43.6 Å². The van der Waals surface area contributed by atoms with Gasteiger partial charge in [0, 0.05) is 33.1 Å². The Morgan fingerprint density at radius 1 is 1.10 bits per heavy atom. The summed E-state index contributed by atoms with van der Waals surface area (Å²) < 4.78 is 111. The smallest absolute Gasteiger partial charge is 0.497 e. The number of nitrogens with zero attached hydrogens (tertiary/aromatic N) is 3. The molecule has 0 bridgehead atoms. The number of halogens is 3. The molecule has 1 heterocycles. The van der Waals surface area contributed by atoms with Gasteiger partial charge in [0.15, 0.2) is 0 Å². The van der Waals surface area contributed by atoms with Crippen molar-refractivity contribution in [2.45, 2.75) is 68.9 Å². The minimum Gasteiger partial charge on any atom is -0.497 e. The lowest BCUT2D eigenvalue weighted by Crippen LogP contribution is -2.53. The van der Waals surface area contributed by atoms with Crippen molar-refractivity contribution in [2.75, 3.05) is 34.9 Å². The Hall–Kier alpha value is -2.60. The average Bonchev–Trinajstić information content (AvgIpc) is 3.25. The van der Waals surface area contributed by atoms with Crippen molar-refractivity contribution < 1.29 is 53.2 Å². The van der Waals surface area contributed by atoms with Gasteiger partial charge in [-0.25, -0.2) is 4.79 Å². The molecule has 0 aromatic heterocycles. The first kappa shape index (κ1) is 33.9. The summed E-state index contributed by atoms with van der Waals surface area (Å²) in [4.78, 5) is 14.2. The van der Waals surface area contributed by atoms with E-state index in [0.717, 1.165) is 4.31 Å². The molecule has 1 aromatic carbocycles. The van der Waals surface area contributed by atoms with E-state index in [1.807, 2.05) is 0 Å². The molecule has 1 aliphatic carbocycles. The zero-order valence-corrected chi connectivity index (χ0v) is 25.5. The fraction of sp³-hybridized carbons (Fsp3) is 0.640. The molecule has 1 amide bonds. The number of likely N-dealkylation sites (tertiary alicyclic amines) is 1. The van der Waals surface area contributed by atoms with Crippen LogP contribution in [0.15, 0.2) is 36.1 Å². The van der Waals surface area contributed by atoms with Crippen LogP contribution < -0.4 is 4.74 Å². The molecule has 12 nitrogen and oxygen atoms in total. The van der Waals surface area contributed by atoms with Crippen molar-refractivity contribution >= 4 is 26.4 Å². The van der Waals surface area contributed by atoms with Crippen LogP contribution in [0.2, 0.25) is 0 Å². The number of amides is 1. The number of ether oxygens (including phenoxy) is 3. The maximum Gasteiger partial charge on any atom is 0.534 e. The molecule has 4 atom stereocenters. The molecule has 0 N–H and O–H groups in total. The largest absolute Gasteiger partial charge is 0.534 e. The fourth-order valence-corrected chi connectivity index (χ4v) is 6.81. The van der Waals surface area contributed by atoms with Crippen molar-refractivity contribution in [1.82, 2.24) is 13.5 Å². The molecule has 0 spiro atoms. The summed E-state index contributed by atoms with van der Waals surface area (Å²) in [6, 6.07) is 5.01. The van der Waals surface area contributed by atoms with Gasteiger partial charge in [0.05, 0.1) is 39.0 Å². The van der Waals surface area contributed by atoms with E-state index in [0.29, 0.717) is 11.3 Å². The standard InChI is InChI=1S/C25H36F3N3O9S2/c1-17-14-22(30(42(35,36)29(2)3)15-18-6-8-19(37-4)9-7-18)23(31(17)24(32)38-5)16-39-20-10-12-21(13-11-20)40-41(33,34)25(26,27)28/h6-9,12,17,20,22-23H,10-11,13-16H2,1-5H3/t17-,20?,22+,23+/m1/s1. The molecular formula is C25H36F3N3O9S2. The van der Waals surface area contributed by atoms with E-state index in [1.54, 1.807) is 31.2 Å². The van der Waals surface area contributed by atoms with Crippen molar-refractivity contribution in [3.8, 4) is 5.75 Å². The molecule has 17 heteroatoms. The van der Waals surface area contributed by atoms with E-state index in [2.05, 4.69) is 4.18 Å². The van der Waals surface area contributed by atoms with Crippen LogP contribution in [0.3, 0.4) is 0 Å². The van der Waals surface area contributed by atoms with Gasteiger partial charge in [-0.15, -0.1) is 0 Å². The summed E-state index contributed by atoms with van der Waals surface area (Å²) in [5, 5.41) is 0. The Balaban J connectivity index is 1.84. The molecule has 238 valence electrons. The van der Waals surface area contributed by atoms with Gasteiger partial charge >= 0.3 is 21.7 Å². The SMILES string of the molecule is COC(=O)N1[C@H](C)C[C@H](N(Cc2ccc(OC)cc2)S(=O)(=O)N(C)C)[C@@H]1COC1CC=C(OS(=O)(=O)C(F)(F)F)CC1. The van der Waals surface area contributed by atoms with Crippen LogP contribution in [0.4, 0.5) is 18.0 Å². The Kier molecular flexibility index (Phi) is 10.8. The van der Waals surface area contributed by atoms with Crippen LogP contribution in [0, 0.1) is 0 Å². The Morgan fingerprint density at radius 3 is 2.24 bits per heavy atom. The highest BCUT2D eigenvalue weighted by Crippen LogP contribution is 2.35. The summed E-state index contributed by atoms with van der Waals surface area (Å²) in [6.45, 7) is 1.65. The number of methoxy groups -OCH3 is 2. The average molecular weight is 644 g/mol. The molecule has 1 unspecified atom stereocenters. The van der Waals surface area contributed by atoms with E-state index in [-0.39, 0.29) is 44.6 Å². The Bertz CT molecular complexity index is 1340. The van der Waals surface area contributed by atoms with E-state index in [4.69, 9.17) is 14.2 Å². The third kappa shape index (κ3) is 7.67. The van der Waals surface area contributed by atoms with Crippen molar-refractivity contribution in [2.24, 2.45) is 0 Å². The minimum atomic E-state index is -5.77. The number of rotatable bonds is 11. The Morgan fingerprint density at radius 2 is 1.74 bits per heavy atom. The second-order valence-electron chi connectivity index (χ2n) is 10.2. The van der Waals surface area contributed by atoms with Crippen molar-refractivity contribution in [1.29, 1.82) is 0 Å². The summed E-state index contributed by atoms with van der Waals surface area (Å²) in [5.41, 5.74) is -4.86. The van der Waals surface area contributed by atoms with Crippen LogP contribution in [-0.4, -0.2) is 101 Å². The molecule has 0 saturated carbocycles.